The maximum atomic E-state index is 12.3. The summed E-state index contributed by atoms with van der Waals surface area (Å²) in [5, 5.41) is 5.25. The van der Waals surface area contributed by atoms with Crippen molar-refractivity contribution in [2.24, 2.45) is 7.05 Å². The van der Waals surface area contributed by atoms with Crippen molar-refractivity contribution in [1.82, 2.24) is 14.8 Å². The van der Waals surface area contributed by atoms with Crippen molar-refractivity contribution < 1.29 is 4.79 Å². The van der Waals surface area contributed by atoms with Gasteiger partial charge in [-0.15, -0.1) is 11.3 Å². The van der Waals surface area contributed by atoms with Gasteiger partial charge in [-0.1, -0.05) is 12.1 Å². The predicted molar refractivity (Wildman–Crippen MR) is 84.7 cm³/mol. The molecule has 108 valence electrons. The molecular formula is C16H17N3OS. The van der Waals surface area contributed by atoms with Gasteiger partial charge in [-0.3, -0.25) is 9.48 Å². The molecule has 0 amide bonds. The number of hydrogen-bond donors (Lipinski definition) is 0. The Balaban J connectivity index is 1.77. The molecule has 0 saturated heterocycles. The molecular weight excluding hydrogens is 282 g/mol. The summed E-state index contributed by atoms with van der Waals surface area (Å²) in [5.41, 5.74) is 4.01. The third-order valence-electron chi connectivity index (χ3n) is 3.72. The molecule has 2 aromatic heterocycles. The van der Waals surface area contributed by atoms with Gasteiger partial charge in [-0.25, -0.2) is 4.98 Å². The fourth-order valence-corrected chi connectivity index (χ4v) is 3.49. The third-order valence-corrected chi connectivity index (χ3v) is 4.76. The second kappa shape index (κ2) is 5.41. The molecule has 1 aromatic carbocycles. The van der Waals surface area contributed by atoms with Crippen molar-refractivity contribution in [2.45, 2.75) is 26.7 Å². The van der Waals surface area contributed by atoms with E-state index < -0.39 is 0 Å². The highest BCUT2D eigenvalue weighted by molar-refractivity contribution is 7.18. The summed E-state index contributed by atoms with van der Waals surface area (Å²) in [6.07, 6.45) is 0.828. The molecule has 3 aromatic rings. The number of thiazole rings is 1. The van der Waals surface area contributed by atoms with E-state index in [-0.39, 0.29) is 5.78 Å². The molecule has 3 rings (SSSR count). The van der Waals surface area contributed by atoms with Crippen LogP contribution in [0.4, 0.5) is 0 Å². The van der Waals surface area contributed by atoms with Crippen LogP contribution < -0.4 is 0 Å². The molecule has 0 aliphatic rings. The van der Waals surface area contributed by atoms with Gasteiger partial charge in [0.15, 0.2) is 0 Å². The number of nitrogens with zero attached hydrogens (tertiary/aromatic N) is 3. The molecule has 0 spiro atoms. The third kappa shape index (κ3) is 2.74. The Labute approximate surface area is 127 Å². The van der Waals surface area contributed by atoms with Crippen LogP contribution in [0.1, 0.15) is 22.0 Å². The largest absolute Gasteiger partial charge is 0.299 e. The Bertz CT molecular complexity index is 783. The van der Waals surface area contributed by atoms with Crippen molar-refractivity contribution in [1.29, 1.82) is 0 Å². The van der Waals surface area contributed by atoms with Gasteiger partial charge < -0.3 is 0 Å². The van der Waals surface area contributed by atoms with Crippen LogP contribution in [0, 0.1) is 13.8 Å². The summed E-state index contributed by atoms with van der Waals surface area (Å²) in [5.74, 6) is 0.188. The number of rotatable bonds is 4. The van der Waals surface area contributed by atoms with Crippen molar-refractivity contribution >= 4 is 27.3 Å². The van der Waals surface area contributed by atoms with Crippen LogP contribution >= 0.6 is 11.3 Å². The highest BCUT2D eigenvalue weighted by Crippen LogP contribution is 2.22. The summed E-state index contributed by atoms with van der Waals surface area (Å²) >= 11 is 1.60. The molecule has 5 heteroatoms. The Morgan fingerprint density at radius 3 is 2.67 bits per heavy atom. The summed E-state index contributed by atoms with van der Waals surface area (Å²) in [6, 6.07) is 7.98. The average molecular weight is 299 g/mol. The molecule has 2 heterocycles. The first-order valence-corrected chi connectivity index (χ1v) is 7.71. The van der Waals surface area contributed by atoms with Crippen molar-refractivity contribution in [3.05, 3.63) is 46.2 Å². The normalized spacial score (nSPS) is 11.2. The van der Waals surface area contributed by atoms with Gasteiger partial charge in [-0.2, -0.15) is 5.10 Å². The predicted octanol–water partition coefficient (Wildman–Crippen LogP) is 3.00. The van der Waals surface area contributed by atoms with E-state index in [1.807, 2.05) is 49.8 Å². The lowest BCUT2D eigenvalue weighted by molar-refractivity contribution is -0.117. The fourth-order valence-electron chi connectivity index (χ4n) is 2.50. The van der Waals surface area contributed by atoms with E-state index in [9.17, 15) is 4.79 Å². The van der Waals surface area contributed by atoms with Crippen LogP contribution in [-0.4, -0.2) is 20.5 Å². The standard InChI is InChI=1S/C16H17N3OS/c1-10-13(11(2)19(3)18-10)8-12(20)9-16-17-14-6-4-5-7-15(14)21-16/h4-7H,8-9H2,1-3H3. The summed E-state index contributed by atoms with van der Waals surface area (Å²) in [7, 11) is 1.91. The number of carbonyl (C=O) groups is 1. The Kier molecular flexibility index (Phi) is 3.59. The minimum Gasteiger partial charge on any atom is -0.299 e. The lowest BCUT2D eigenvalue weighted by atomic mass is 10.1. The van der Waals surface area contributed by atoms with Crippen molar-refractivity contribution in [3.8, 4) is 0 Å². The van der Waals surface area contributed by atoms with Crippen LogP contribution in [0.2, 0.25) is 0 Å². The Morgan fingerprint density at radius 1 is 1.24 bits per heavy atom. The zero-order valence-corrected chi connectivity index (χ0v) is 13.2. The molecule has 4 nitrogen and oxygen atoms in total. The van der Waals surface area contributed by atoms with E-state index >= 15 is 0 Å². The lowest BCUT2D eigenvalue weighted by Crippen LogP contribution is -2.08. The molecule has 0 fully saturated rings. The quantitative estimate of drug-likeness (QED) is 0.744. The van der Waals surface area contributed by atoms with Gasteiger partial charge in [0.2, 0.25) is 0 Å². The maximum Gasteiger partial charge on any atom is 0.144 e. The highest BCUT2D eigenvalue weighted by atomic mass is 32.1. The molecule has 0 unspecified atom stereocenters. The highest BCUT2D eigenvalue weighted by Gasteiger charge is 2.15. The monoisotopic (exact) mass is 299 g/mol. The van der Waals surface area contributed by atoms with Crippen LogP contribution in [0.5, 0.6) is 0 Å². The summed E-state index contributed by atoms with van der Waals surface area (Å²) < 4.78 is 2.96. The smallest absolute Gasteiger partial charge is 0.144 e. The maximum absolute atomic E-state index is 12.3. The zero-order chi connectivity index (χ0) is 15.0. The van der Waals surface area contributed by atoms with Gasteiger partial charge in [0.25, 0.3) is 0 Å². The second-order valence-corrected chi connectivity index (χ2v) is 6.36. The van der Waals surface area contributed by atoms with E-state index in [1.54, 1.807) is 11.3 Å². The molecule has 0 aliphatic carbocycles. The van der Waals surface area contributed by atoms with E-state index in [4.69, 9.17) is 0 Å². The number of aromatic nitrogens is 3. The topological polar surface area (TPSA) is 47.8 Å². The summed E-state index contributed by atoms with van der Waals surface area (Å²) in [4.78, 5) is 16.8. The average Bonchev–Trinajstić information content (AvgIpc) is 2.94. The number of Topliss-reactive ketones (excluding diaryl/α,β-unsaturated/α-hetero) is 1. The van der Waals surface area contributed by atoms with E-state index in [0.29, 0.717) is 12.8 Å². The SMILES string of the molecule is Cc1nn(C)c(C)c1CC(=O)Cc1nc2ccccc2s1. The first kappa shape index (κ1) is 13.9. The number of para-hydroxylation sites is 1. The number of benzene rings is 1. The number of fused-ring (bicyclic) bond motifs is 1. The molecule has 0 saturated carbocycles. The van der Waals surface area contributed by atoms with E-state index in [1.165, 1.54) is 0 Å². The lowest BCUT2D eigenvalue weighted by Gasteiger charge is -2.00. The number of aryl methyl sites for hydroxylation is 2. The van der Waals surface area contributed by atoms with Crippen molar-refractivity contribution in [2.75, 3.05) is 0 Å². The first-order chi connectivity index (χ1) is 10.0. The van der Waals surface area contributed by atoms with Gasteiger partial charge in [0.1, 0.15) is 10.8 Å². The van der Waals surface area contributed by atoms with Gasteiger partial charge >= 0.3 is 0 Å². The van der Waals surface area contributed by atoms with Crippen LogP contribution in [-0.2, 0) is 24.7 Å². The van der Waals surface area contributed by atoms with E-state index in [0.717, 1.165) is 32.2 Å². The van der Waals surface area contributed by atoms with Crippen LogP contribution in [0.3, 0.4) is 0 Å². The minimum absolute atomic E-state index is 0.188. The number of ketones is 1. The Morgan fingerprint density at radius 2 is 2.00 bits per heavy atom. The number of carbonyl (C=O) groups excluding carboxylic acids is 1. The second-order valence-electron chi connectivity index (χ2n) is 5.24. The molecule has 0 radical (unpaired) electrons. The Hall–Kier alpha value is -2.01. The van der Waals surface area contributed by atoms with Gasteiger partial charge in [-0.05, 0) is 26.0 Å². The molecule has 0 N–H and O–H groups in total. The summed E-state index contributed by atoms with van der Waals surface area (Å²) in [6.45, 7) is 3.95. The minimum atomic E-state index is 0.188. The van der Waals surface area contributed by atoms with Crippen LogP contribution in [0.25, 0.3) is 10.2 Å². The molecule has 0 aliphatic heterocycles. The number of hydrogen-bond acceptors (Lipinski definition) is 4. The zero-order valence-electron chi connectivity index (χ0n) is 12.4. The van der Waals surface area contributed by atoms with Gasteiger partial charge in [0.05, 0.1) is 22.3 Å². The molecule has 0 atom stereocenters. The fraction of sp³-hybridized carbons (Fsp3) is 0.312. The van der Waals surface area contributed by atoms with E-state index in [2.05, 4.69) is 10.1 Å². The van der Waals surface area contributed by atoms with Gasteiger partial charge in [0, 0.05) is 24.7 Å². The van der Waals surface area contributed by atoms with Crippen molar-refractivity contribution in [3.63, 3.8) is 0 Å². The molecule has 0 bridgehead atoms. The molecule has 21 heavy (non-hydrogen) atoms. The van der Waals surface area contributed by atoms with Crippen LogP contribution in [0.15, 0.2) is 24.3 Å². The first-order valence-electron chi connectivity index (χ1n) is 6.90.